The van der Waals surface area contributed by atoms with Crippen LogP contribution in [-0.2, 0) is 14.0 Å². The molecule has 0 spiro atoms. The molecule has 0 aromatic heterocycles. The Hall–Kier alpha value is -0.873. The molecule has 4 aliphatic rings. The van der Waals surface area contributed by atoms with Gasteiger partial charge in [0.2, 0.25) is 9.04 Å². The van der Waals surface area contributed by atoms with Crippen molar-refractivity contribution in [1.82, 2.24) is 0 Å². The van der Waals surface area contributed by atoms with Gasteiger partial charge in [-0.3, -0.25) is 0 Å². The number of ether oxygens (including phenoxy) is 1. The van der Waals surface area contributed by atoms with Crippen LogP contribution in [0.2, 0.25) is 13.1 Å². The number of esters is 1. The predicted octanol–water partition coefficient (Wildman–Crippen LogP) is 8.62. The van der Waals surface area contributed by atoms with Crippen molar-refractivity contribution in [2.45, 2.75) is 120 Å². The molecular weight excluding hydrogens is 472 g/mol. The van der Waals surface area contributed by atoms with E-state index in [1.165, 1.54) is 45.6 Å². The second kappa shape index (κ2) is 9.95. The van der Waals surface area contributed by atoms with Gasteiger partial charge in [0.25, 0.3) is 0 Å². The number of fused-ring (bicyclic) bond motifs is 5. The molecule has 0 aliphatic heterocycles. The van der Waals surface area contributed by atoms with Crippen LogP contribution in [-0.4, -0.2) is 28.2 Å². The third-order valence-corrected chi connectivity index (χ3v) is 12.4. The van der Waals surface area contributed by atoms with Crippen LogP contribution in [0.25, 0.3) is 0 Å². The van der Waals surface area contributed by atoms with Gasteiger partial charge in [0.1, 0.15) is 6.10 Å². The lowest BCUT2D eigenvalue weighted by Crippen LogP contribution is -2.52. The smallest absolute Gasteiger partial charge is 0.333 e. The summed E-state index contributed by atoms with van der Waals surface area (Å²) in [6, 6.07) is 0. The second-order valence-corrected chi connectivity index (χ2v) is 17.5. The summed E-state index contributed by atoms with van der Waals surface area (Å²) in [4.78, 5) is 12.5. The maximum atomic E-state index is 12.5. The van der Waals surface area contributed by atoms with E-state index in [2.05, 4.69) is 80.6 Å². The maximum absolute atomic E-state index is 12.5. The molecule has 1 unspecified atom stereocenters. The third kappa shape index (κ3) is 4.85. The number of carbonyl (C=O) groups excluding carboxylic acids is 1. The Kier molecular flexibility index (Phi) is 7.83. The highest BCUT2D eigenvalue weighted by Crippen LogP contribution is 2.69. The minimum absolute atomic E-state index is 0.199. The van der Waals surface area contributed by atoms with Crippen LogP contribution >= 0.6 is 0 Å². The van der Waals surface area contributed by atoms with Crippen molar-refractivity contribution in [3.63, 3.8) is 0 Å². The average Bonchev–Trinajstić information content (AvgIpc) is 3.13. The monoisotopic (exact) mass is 527 g/mol. The zero-order valence-corrected chi connectivity index (χ0v) is 26.8. The molecule has 37 heavy (non-hydrogen) atoms. The van der Waals surface area contributed by atoms with Crippen LogP contribution in [0.15, 0.2) is 23.3 Å². The molecular formula is C33H55O3Si. The molecule has 0 bridgehead atoms. The SMILES string of the molecule is COC(=O)C(C[C@@H](C)[C@H]1CC[C@H]2C3=CC=C4C(C)(C)[C@@H](C(C)(C)C)CC[C@]4(C)[C@H]3CC[C@]12C)O[Si](C)C. The van der Waals surface area contributed by atoms with Gasteiger partial charge in [0.15, 0.2) is 0 Å². The third-order valence-electron chi connectivity index (χ3n) is 11.7. The lowest BCUT2D eigenvalue weighted by atomic mass is 9.44. The van der Waals surface area contributed by atoms with Gasteiger partial charge in [-0.25, -0.2) is 4.79 Å². The molecule has 4 aliphatic carbocycles. The summed E-state index contributed by atoms with van der Waals surface area (Å²) in [6.45, 7) is 24.2. The molecule has 3 fully saturated rings. The van der Waals surface area contributed by atoms with Crippen molar-refractivity contribution in [3.8, 4) is 0 Å². The van der Waals surface area contributed by atoms with E-state index >= 15 is 0 Å². The van der Waals surface area contributed by atoms with E-state index in [9.17, 15) is 4.79 Å². The Labute approximate surface area is 230 Å². The van der Waals surface area contributed by atoms with Crippen molar-refractivity contribution >= 4 is 15.0 Å². The highest BCUT2D eigenvalue weighted by molar-refractivity contribution is 6.48. The van der Waals surface area contributed by atoms with Gasteiger partial charge in [0, 0.05) is 0 Å². The molecule has 0 amide bonds. The highest BCUT2D eigenvalue weighted by Gasteiger charge is 2.60. The first-order chi connectivity index (χ1) is 17.1. The van der Waals surface area contributed by atoms with Crippen molar-refractivity contribution in [2.75, 3.05) is 7.11 Å². The molecule has 0 aromatic carbocycles. The molecule has 4 rings (SSSR count). The molecule has 3 nitrogen and oxygen atoms in total. The molecule has 0 aromatic rings. The Balaban J connectivity index is 1.60. The zero-order valence-electron chi connectivity index (χ0n) is 25.8. The van der Waals surface area contributed by atoms with E-state index < -0.39 is 15.1 Å². The van der Waals surface area contributed by atoms with Crippen molar-refractivity contribution in [2.24, 2.45) is 51.2 Å². The molecule has 1 radical (unpaired) electrons. The maximum Gasteiger partial charge on any atom is 0.333 e. The summed E-state index contributed by atoms with van der Waals surface area (Å²) >= 11 is 0. The summed E-state index contributed by atoms with van der Waals surface area (Å²) in [5.74, 6) is 2.96. The Morgan fingerprint density at radius 1 is 1.03 bits per heavy atom. The Morgan fingerprint density at radius 2 is 1.70 bits per heavy atom. The molecule has 0 saturated heterocycles. The molecule has 0 N–H and O–H groups in total. The lowest BCUT2D eigenvalue weighted by molar-refractivity contribution is -0.150. The highest BCUT2D eigenvalue weighted by atomic mass is 28.3. The molecule has 0 heterocycles. The quantitative estimate of drug-likeness (QED) is 0.256. The first kappa shape index (κ1) is 29.1. The fourth-order valence-electron chi connectivity index (χ4n) is 10.3. The van der Waals surface area contributed by atoms with Crippen molar-refractivity contribution in [3.05, 3.63) is 23.3 Å². The van der Waals surface area contributed by atoms with Gasteiger partial charge in [-0.15, -0.1) is 0 Å². The Morgan fingerprint density at radius 3 is 2.30 bits per heavy atom. The average molecular weight is 528 g/mol. The predicted molar refractivity (Wildman–Crippen MR) is 155 cm³/mol. The molecule has 4 heteroatoms. The van der Waals surface area contributed by atoms with Crippen LogP contribution in [0.4, 0.5) is 0 Å². The number of carbonyl (C=O) groups is 1. The fraction of sp³-hybridized carbons (Fsp3) is 0.848. The van der Waals surface area contributed by atoms with Crippen LogP contribution < -0.4 is 0 Å². The number of methoxy groups -OCH3 is 1. The lowest BCUT2D eigenvalue weighted by Gasteiger charge is -2.61. The van der Waals surface area contributed by atoms with Crippen LogP contribution in [0.3, 0.4) is 0 Å². The van der Waals surface area contributed by atoms with Crippen LogP contribution in [0.1, 0.15) is 100 Å². The molecule has 3 saturated carbocycles. The van der Waals surface area contributed by atoms with Gasteiger partial charge in [0.05, 0.1) is 7.11 Å². The summed E-state index contributed by atoms with van der Waals surface area (Å²) in [5, 5.41) is 0. The first-order valence-electron chi connectivity index (χ1n) is 15.0. The second-order valence-electron chi connectivity index (χ2n) is 15.4. The van der Waals surface area contributed by atoms with E-state index in [0.717, 1.165) is 12.3 Å². The number of allylic oxidation sites excluding steroid dienone is 4. The largest absolute Gasteiger partial charge is 0.467 e. The van der Waals surface area contributed by atoms with Gasteiger partial charge >= 0.3 is 5.97 Å². The zero-order chi connectivity index (χ0) is 27.6. The van der Waals surface area contributed by atoms with Gasteiger partial charge in [-0.1, -0.05) is 78.7 Å². The normalized spacial score (nSPS) is 38.6. The number of hydrogen-bond donors (Lipinski definition) is 0. The van der Waals surface area contributed by atoms with Gasteiger partial charge in [-0.05, 0) is 109 Å². The first-order valence-corrected chi connectivity index (χ1v) is 17.5. The summed E-state index contributed by atoms with van der Waals surface area (Å²) in [7, 11) is 0.523. The molecule has 8 atom stereocenters. The number of rotatable bonds is 6. The number of hydrogen-bond acceptors (Lipinski definition) is 3. The van der Waals surface area contributed by atoms with Gasteiger partial charge in [-0.2, -0.15) is 0 Å². The van der Waals surface area contributed by atoms with Crippen molar-refractivity contribution < 1.29 is 14.0 Å². The van der Waals surface area contributed by atoms with E-state index in [1.807, 2.05) is 0 Å². The van der Waals surface area contributed by atoms with Gasteiger partial charge < -0.3 is 9.16 Å². The summed E-state index contributed by atoms with van der Waals surface area (Å²) in [6.07, 6.45) is 13.4. The summed E-state index contributed by atoms with van der Waals surface area (Å²) < 4.78 is 11.2. The standard InChI is InChI=1S/C33H55O3Si/c1-21(20-26(29(34)35-9)36-37(10)11)23-13-14-24-22-12-15-28-31(5,6)27(30(2,3)4)17-19-33(28,8)25(22)16-18-32(23,24)7/h12,15,21,23-27H,13-14,16-20H2,1-11H3/t21-,23-,24+,25+,26?,27-,32-,33-/m1/s1. The van der Waals surface area contributed by atoms with E-state index in [-0.39, 0.29) is 11.4 Å². The Bertz CT molecular complexity index is 940. The van der Waals surface area contributed by atoms with Crippen LogP contribution in [0, 0.1) is 51.2 Å². The summed E-state index contributed by atoms with van der Waals surface area (Å²) in [5.41, 5.74) is 4.66. The van der Waals surface area contributed by atoms with E-state index in [0.29, 0.717) is 39.9 Å². The van der Waals surface area contributed by atoms with E-state index in [1.54, 1.807) is 11.1 Å². The fourth-order valence-corrected chi connectivity index (χ4v) is 11.1. The molecule has 209 valence electrons. The van der Waals surface area contributed by atoms with Crippen LogP contribution in [0.5, 0.6) is 0 Å². The van der Waals surface area contributed by atoms with E-state index in [4.69, 9.17) is 9.16 Å². The minimum Gasteiger partial charge on any atom is -0.467 e. The van der Waals surface area contributed by atoms with Crippen molar-refractivity contribution in [1.29, 1.82) is 0 Å². The topological polar surface area (TPSA) is 35.5 Å². The minimum atomic E-state index is -0.966.